The van der Waals surface area contributed by atoms with Crippen LogP contribution in [-0.4, -0.2) is 68.8 Å². The molecule has 1 fully saturated rings. The Morgan fingerprint density at radius 2 is 1.43 bits per heavy atom. The first kappa shape index (κ1) is 37.7. The third-order valence-electron chi connectivity index (χ3n) is 8.23. The molecule has 17 heteroatoms. The summed E-state index contributed by atoms with van der Waals surface area (Å²) in [6.07, 6.45) is -0.121. The maximum absolute atomic E-state index is 13.3. The van der Waals surface area contributed by atoms with E-state index in [1.165, 1.54) is 60.7 Å². The predicted molar refractivity (Wildman–Crippen MR) is 200 cm³/mol. The molecule has 1 aliphatic rings. The summed E-state index contributed by atoms with van der Waals surface area (Å²) in [5.74, 6) is -3.13. The van der Waals surface area contributed by atoms with Crippen LogP contribution < -0.4 is 14.2 Å². The third-order valence-corrected chi connectivity index (χ3v) is 12.7. The topological polar surface area (TPSA) is 179 Å². The van der Waals surface area contributed by atoms with Crippen LogP contribution in [0, 0.1) is 5.82 Å². The van der Waals surface area contributed by atoms with E-state index >= 15 is 0 Å². The third kappa shape index (κ3) is 9.52. The van der Waals surface area contributed by atoms with Crippen LogP contribution in [-0.2, 0) is 33.0 Å². The lowest BCUT2D eigenvalue weighted by atomic mass is 10.1. The molecule has 0 amide bonds. The first-order valence-electron chi connectivity index (χ1n) is 15.9. The van der Waals surface area contributed by atoms with Crippen molar-refractivity contribution >= 4 is 66.3 Å². The van der Waals surface area contributed by atoms with E-state index < -0.39 is 37.8 Å². The van der Waals surface area contributed by atoms with E-state index in [1.807, 2.05) is 4.90 Å². The number of carbonyl (C=O) groups is 2. The van der Waals surface area contributed by atoms with Crippen molar-refractivity contribution in [3.8, 4) is 16.2 Å². The fourth-order valence-corrected chi connectivity index (χ4v) is 9.18. The van der Waals surface area contributed by atoms with Crippen molar-refractivity contribution in [2.75, 3.05) is 28.3 Å². The molecule has 1 aromatic heterocycles. The normalized spacial score (nSPS) is 13.6. The smallest absolute Gasteiger partial charge is 0.337 e. The first-order chi connectivity index (χ1) is 25.1. The molecule has 0 unspecified atom stereocenters. The maximum Gasteiger partial charge on any atom is 0.337 e. The fraction of sp³-hybridized carbons (Fsp3) is 0.167. The summed E-state index contributed by atoms with van der Waals surface area (Å²) in [7, 11) is -8.02. The molecule has 0 atom stereocenters. The van der Waals surface area contributed by atoms with Gasteiger partial charge >= 0.3 is 11.9 Å². The molecule has 2 heterocycles. The fourth-order valence-electron chi connectivity index (χ4n) is 5.55. The Morgan fingerprint density at radius 3 is 2.11 bits per heavy atom. The Kier molecular flexibility index (Phi) is 11.1. The van der Waals surface area contributed by atoms with Crippen LogP contribution in [0.15, 0.2) is 101 Å². The average Bonchev–Trinajstić information content (AvgIpc) is 3.60. The number of ether oxygens (including phenoxy) is 1. The number of rotatable bonds is 15. The second-order valence-corrected chi connectivity index (χ2v) is 17.4. The molecule has 0 saturated carbocycles. The highest BCUT2D eigenvalue weighted by molar-refractivity contribution is 7.94. The number of nitrogens with zero attached hydrogens (tertiary/aromatic N) is 1. The van der Waals surface area contributed by atoms with E-state index in [9.17, 15) is 41.0 Å². The van der Waals surface area contributed by atoms with Gasteiger partial charge in [-0.25, -0.2) is 30.8 Å². The molecule has 1 aliphatic heterocycles. The molecule has 0 spiro atoms. The number of nitrogens with one attached hydrogen (secondary N) is 2. The second-order valence-electron chi connectivity index (χ2n) is 12.2. The molecule has 5 aromatic rings. The van der Waals surface area contributed by atoms with Gasteiger partial charge in [0.15, 0.2) is 0 Å². The van der Waals surface area contributed by atoms with Crippen LogP contribution in [0.25, 0.3) is 10.4 Å². The Morgan fingerprint density at radius 1 is 0.811 bits per heavy atom. The summed E-state index contributed by atoms with van der Waals surface area (Å²) < 4.78 is 75.7. The number of halogens is 2. The van der Waals surface area contributed by atoms with Crippen molar-refractivity contribution in [2.24, 2.45) is 0 Å². The van der Waals surface area contributed by atoms with Crippen molar-refractivity contribution in [1.82, 2.24) is 4.90 Å². The van der Waals surface area contributed by atoms with E-state index in [4.69, 9.17) is 16.3 Å². The zero-order valence-electron chi connectivity index (χ0n) is 27.5. The number of sulfonamides is 2. The molecule has 4 aromatic carbocycles. The Hall–Kier alpha value is -5.00. The predicted octanol–water partition coefficient (Wildman–Crippen LogP) is 6.65. The largest absolute Gasteiger partial charge is 0.488 e. The molecular formula is C36H31ClFN3O9S3. The van der Waals surface area contributed by atoms with Crippen LogP contribution >= 0.6 is 22.9 Å². The van der Waals surface area contributed by atoms with Gasteiger partial charge in [0, 0.05) is 29.5 Å². The lowest BCUT2D eigenvalue weighted by Crippen LogP contribution is -2.53. The number of aryl methyl sites for hydroxylation is 1. The van der Waals surface area contributed by atoms with Gasteiger partial charge < -0.3 is 14.9 Å². The Labute approximate surface area is 313 Å². The molecule has 53 heavy (non-hydrogen) atoms. The molecule has 12 nitrogen and oxygen atoms in total. The Balaban J connectivity index is 1.04. The van der Waals surface area contributed by atoms with E-state index in [0.717, 1.165) is 16.9 Å². The minimum Gasteiger partial charge on any atom is -0.488 e. The Bertz CT molecular complexity index is 2380. The van der Waals surface area contributed by atoms with Crippen LogP contribution in [0.1, 0.15) is 31.8 Å². The van der Waals surface area contributed by atoms with Crippen molar-refractivity contribution < 1.29 is 45.8 Å². The van der Waals surface area contributed by atoms with E-state index in [-0.39, 0.29) is 50.7 Å². The van der Waals surface area contributed by atoms with Gasteiger partial charge in [-0.2, -0.15) is 0 Å². The van der Waals surface area contributed by atoms with Crippen LogP contribution in [0.4, 0.5) is 15.8 Å². The molecule has 0 radical (unpaired) electrons. The minimum atomic E-state index is -4.16. The zero-order valence-corrected chi connectivity index (χ0v) is 30.7. The zero-order chi connectivity index (χ0) is 37.9. The van der Waals surface area contributed by atoms with E-state index in [0.29, 0.717) is 40.7 Å². The van der Waals surface area contributed by atoms with Crippen molar-refractivity contribution in [1.29, 1.82) is 0 Å². The summed E-state index contributed by atoms with van der Waals surface area (Å²) in [5, 5.41) is 20.2. The van der Waals surface area contributed by atoms with E-state index in [2.05, 4.69) is 9.44 Å². The summed E-state index contributed by atoms with van der Waals surface area (Å²) in [6, 6.07) is 23.8. The SMILES string of the molecule is O=C(O)c1cc(CN2CC(Oc3ccc(NS(=O)(=O)c4ccc(-c5ccc(F)cc5)s4)c(C(=O)O)c3)C2)ccc1NS(=O)(=O)CCc1ccc(Cl)cc1. The van der Waals surface area contributed by atoms with Crippen molar-refractivity contribution in [3.63, 3.8) is 0 Å². The van der Waals surface area contributed by atoms with Gasteiger partial charge in [0.05, 0.1) is 28.3 Å². The average molecular weight is 800 g/mol. The van der Waals surface area contributed by atoms with Crippen molar-refractivity contribution in [3.05, 3.63) is 130 Å². The van der Waals surface area contributed by atoms with Crippen LogP contribution in [0.5, 0.6) is 5.75 Å². The molecule has 6 rings (SSSR count). The highest BCUT2D eigenvalue weighted by Gasteiger charge is 2.30. The van der Waals surface area contributed by atoms with Crippen LogP contribution in [0.3, 0.4) is 0 Å². The molecular weight excluding hydrogens is 769 g/mol. The first-order valence-corrected chi connectivity index (χ1v) is 20.2. The number of aromatic carboxylic acids is 2. The number of carboxylic acids is 2. The standard InChI is InChI=1S/C36H31ClFN3O9S3/c37-25-6-1-22(2-7-25)15-16-52(46,47)39-31-11-3-23(17-29(31)35(42)43)19-41-20-28(21-41)50-27-10-12-32(30(18-27)36(44)45)40-53(48,49)34-14-13-33(51-34)24-4-8-26(38)9-5-24/h1-14,17-18,28,39-40H,15-16,19-21H2,(H,42,43)(H,44,45). The molecule has 0 bridgehead atoms. The highest BCUT2D eigenvalue weighted by Crippen LogP contribution is 2.33. The monoisotopic (exact) mass is 799 g/mol. The minimum absolute atomic E-state index is 0.0488. The summed E-state index contributed by atoms with van der Waals surface area (Å²) in [5.41, 5.74) is 1.30. The van der Waals surface area contributed by atoms with Gasteiger partial charge in [0.2, 0.25) is 10.0 Å². The lowest BCUT2D eigenvalue weighted by molar-refractivity contribution is 0.0144. The van der Waals surface area contributed by atoms with Gasteiger partial charge in [-0.3, -0.25) is 14.3 Å². The van der Waals surface area contributed by atoms with Gasteiger partial charge in [0.1, 0.15) is 21.9 Å². The summed E-state index contributed by atoms with van der Waals surface area (Å²) >= 11 is 6.83. The number of benzene rings is 4. The van der Waals surface area contributed by atoms with Crippen molar-refractivity contribution in [2.45, 2.75) is 23.3 Å². The van der Waals surface area contributed by atoms with E-state index in [1.54, 1.807) is 36.4 Å². The molecule has 0 aliphatic carbocycles. The second kappa shape index (κ2) is 15.5. The highest BCUT2D eigenvalue weighted by atomic mass is 35.5. The summed E-state index contributed by atoms with van der Waals surface area (Å²) in [4.78, 5) is 26.7. The molecule has 276 valence electrons. The number of hydrogen-bond donors (Lipinski definition) is 4. The van der Waals surface area contributed by atoms with Gasteiger partial charge in [-0.05, 0) is 89.8 Å². The number of thiophene rings is 1. The number of likely N-dealkylation sites (tertiary alicyclic amines) is 1. The van der Waals surface area contributed by atoms with Gasteiger partial charge in [-0.1, -0.05) is 41.9 Å². The van der Waals surface area contributed by atoms with Gasteiger partial charge in [-0.15, -0.1) is 11.3 Å². The number of anilines is 2. The number of hydrogen-bond acceptors (Lipinski definition) is 9. The maximum atomic E-state index is 13.3. The molecule has 4 N–H and O–H groups in total. The summed E-state index contributed by atoms with van der Waals surface area (Å²) in [6.45, 7) is 1.19. The number of carboxylic acid groups (broad SMARTS) is 2. The van der Waals surface area contributed by atoms with Gasteiger partial charge in [0.25, 0.3) is 10.0 Å². The lowest BCUT2D eigenvalue weighted by Gasteiger charge is -2.39. The van der Waals surface area contributed by atoms with Crippen LogP contribution in [0.2, 0.25) is 5.02 Å². The molecule has 1 saturated heterocycles. The quantitative estimate of drug-likeness (QED) is 0.0896.